The molecular weight excluding hydrogens is 262 g/mol. The molecule has 0 saturated carbocycles. The molecule has 1 aliphatic rings. The second kappa shape index (κ2) is 6.76. The molecule has 0 spiro atoms. The van der Waals surface area contributed by atoms with Gasteiger partial charge in [-0.15, -0.1) is 0 Å². The Balaban J connectivity index is 1.89. The smallest absolute Gasteiger partial charge is 0.136 e. The summed E-state index contributed by atoms with van der Waals surface area (Å²) in [7, 11) is 1.72. The maximum absolute atomic E-state index is 5.09. The van der Waals surface area contributed by atoms with Crippen molar-refractivity contribution < 1.29 is 4.74 Å². The van der Waals surface area contributed by atoms with Crippen LogP contribution in [0.4, 0.5) is 11.5 Å². The maximum atomic E-state index is 5.09. The summed E-state index contributed by atoms with van der Waals surface area (Å²) in [5.74, 6) is 1.13. The van der Waals surface area contributed by atoms with Gasteiger partial charge in [-0.05, 0) is 42.8 Å². The van der Waals surface area contributed by atoms with Crippen LogP contribution in [0.2, 0.25) is 0 Å². The second-order valence-electron chi connectivity index (χ2n) is 5.54. The summed E-state index contributed by atoms with van der Waals surface area (Å²) >= 11 is 0. The van der Waals surface area contributed by atoms with Crippen molar-refractivity contribution >= 4 is 22.3 Å². The lowest BCUT2D eigenvalue weighted by Gasteiger charge is -2.28. The lowest BCUT2D eigenvalue weighted by atomic mass is 10.1. The maximum Gasteiger partial charge on any atom is 0.136 e. The number of piperidine rings is 1. The van der Waals surface area contributed by atoms with Crippen molar-refractivity contribution in [2.24, 2.45) is 0 Å². The van der Waals surface area contributed by atoms with Crippen LogP contribution in [0.15, 0.2) is 30.5 Å². The van der Waals surface area contributed by atoms with Gasteiger partial charge in [-0.2, -0.15) is 0 Å². The number of hydrogen-bond acceptors (Lipinski definition) is 4. The molecule has 1 saturated heterocycles. The Bertz CT molecular complexity index is 594. The zero-order valence-corrected chi connectivity index (χ0v) is 12.6. The van der Waals surface area contributed by atoms with Gasteiger partial charge in [0.25, 0.3) is 0 Å². The summed E-state index contributed by atoms with van der Waals surface area (Å²) in [4.78, 5) is 7.06. The fourth-order valence-corrected chi connectivity index (χ4v) is 2.92. The van der Waals surface area contributed by atoms with Gasteiger partial charge in [0.05, 0.1) is 6.61 Å². The van der Waals surface area contributed by atoms with Crippen LogP contribution in [-0.2, 0) is 4.74 Å². The van der Waals surface area contributed by atoms with Crippen molar-refractivity contribution in [2.75, 3.05) is 43.6 Å². The number of hydrogen-bond donors (Lipinski definition) is 1. The average molecular weight is 285 g/mol. The van der Waals surface area contributed by atoms with Crippen LogP contribution in [0.1, 0.15) is 19.3 Å². The molecule has 1 fully saturated rings. The molecule has 0 bridgehead atoms. The van der Waals surface area contributed by atoms with E-state index < -0.39 is 0 Å². The molecule has 1 aromatic carbocycles. The standard InChI is InChI=1S/C17H23N3O/c1-21-12-9-18-15-6-5-14-7-8-19-17(16(14)13-15)20-10-3-2-4-11-20/h5-8,13,18H,2-4,9-12H2,1H3. The number of pyridine rings is 1. The quantitative estimate of drug-likeness (QED) is 0.855. The number of fused-ring (bicyclic) bond motifs is 1. The fourth-order valence-electron chi connectivity index (χ4n) is 2.92. The Morgan fingerprint density at radius 1 is 1.19 bits per heavy atom. The molecule has 4 nitrogen and oxygen atoms in total. The average Bonchev–Trinajstić information content (AvgIpc) is 2.55. The van der Waals surface area contributed by atoms with Crippen LogP contribution < -0.4 is 10.2 Å². The number of nitrogens with zero attached hydrogens (tertiary/aromatic N) is 2. The molecule has 0 atom stereocenters. The van der Waals surface area contributed by atoms with E-state index in [0.29, 0.717) is 6.61 Å². The van der Waals surface area contributed by atoms with Crippen molar-refractivity contribution in [3.8, 4) is 0 Å². The van der Waals surface area contributed by atoms with Crippen LogP contribution >= 0.6 is 0 Å². The molecule has 1 aliphatic heterocycles. The molecule has 1 aromatic heterocycles. The number of ether oxygens (including phenoxy) is 1. The summed E-state index contributed by atoms with van der Waals surface area (Å²) in [6, 6.07) is 8.58. The fraction of sp³-hybridized carbons (Fsp3) is 0.471. The third-order valence-corrected chi connectivity index (χ3v) is 4.04. The summed E-state index contributed by atoms with van der Waals surface area (Å²) in [5, 5.41) is 5.89. The highest BCUT2D eigenvalue weighted by atomic mass is 16.5. The first kappa shape index (κ1) is 14.1. The highest BCUT2D eigenvalue weighted by Crippen LogP contribution is 2.29. The van der Waals surface area contributed by atoms with Crippen molar-refractivity contribution in [1.29, 1.82) is 0 Å². The molecule has 112 valence electrons. The second-order valence-corrected chi connectivity index (χ2v) is 5.54. The minimum Gasteiger partial charge on any atom is -0.383 e. The van der Waals surface area contributed by atoms with E-state index >= 15 is 0 Å². The highest BCUT2D eigenvalue weighted by molar-refractivity contribution is 5.94. The highest BCUT2D eigenvalue weighted by Gasteiger charge is 2.14. The number of benzene rings is 1. The number of nitrogens with one attached hydrogen (secondary N) is 1. The molecule has 3 rings (SSSR count). The van der Waals surface area contributed by atoms with Crippen molar-refractivity contribution in [1.82, 2.24) is 4.98 Å². The van der Waals surface area contributed by atoms with Gasteiger partial charge in [-0.25, -0.2) is 4.98 Å². The van der Waals surface area contributed by atoms with Gasteiger partial charge in [0, 0.05) is 44.0 Å². The van der Waals surface area contributed by atoms with Gasteiger partial charge < -0.3 is 15.0 Å². The zero-order chi connectivity index (χ0) is 14.5. The molecule has 4 heteroatoms. The van der Waals surface area contributed by atoms with E-state index in [4.69, 9.17) is 4.74 Å². The van der Waals surface area contributed by atoms with Gasteiger partial charge in [-0.3, -0.25) is 0 Å². The van der Waals surface area contributed by atoms with Crippen molar-refractivity contribution in [3.63, 3.8) is 0 Å². The first-order chi connectivity index (χ1) is 10.4. The van der Waals surface area contributed by atoms with E-state index in [-0.39, 0.29) is 0 Å². The predicted molar refractivity (Wildman–Crippen MR) is 88.2 cm³/mol. The SMILES string of the molecule is COCCNc1ccc2ccnc(N3CCCCC3)c2c1. The number of anilines is 2. The van der Waals surface area contributed by atoms with Gasteiger partial charge in [-0.1, -0.05) is 6.07 Å². The molecule has 21 heavy (non-hydrogen) atoms. The van der Waals surface area contributed by atoms with E-state index in [0.717, 1.165) is 31.1 Å². The lowest BCUT2D eigenvalue weighted by molar-refractivity contribution is 0.211. The lowest BCUT2D eigenvalue weighted by Crippen LogP contribution is -2.30. The van der Waals surface area contributed by atoms with E-state index in [2.05, 4.69) is 39.5 Å². The normalized spacial score (nSPS) is 15.4. The van der Waals surface area contributed by atoms with Gasteiger partial charge in [0.15, 0.2) is 0 Å². The molecule has 0 amide bonds. The number of rotatable bonds is 5. The van der Waals surface area contributed by atoms with Crippen LogP contribution in [-0.4, -0.2) is 38.3 Å². The summed E-state index contributed by atoms with van der Waals surface area (Å²) in [5.41, 5.74) is 1.13. The molecule has 0 unspecified atom stereocenters. The van der Waals surface area contributed by atoms with Crippen LogP contribution in [0.5, 0.6) is 0 Å². The van der Waals surface area contributed by atoms with Crippen LogP contribution in [0, 0.1) is 0 Å². The van der Waals surface area contributed by atoms with Gasteiger partial charge in [0.2, 0.25) is 0 Å². The molecule has 2 aromatic rings. The zero-order valence-electron chi connectivity index (χ0n) is 12.6. The Morgan fingerprint density at radius 3 is 2.86 bits per heavy atom. The third kappa shape index (κ3) is 3.27. The van der Waals surface area contributed by atoms with Gasteiger partial charge in [0.1, 0.15) is 5.82 Å². The minimum atomic E-state index is 0.712. The van der Waals surface area contributed by atoms with Crippen LogP contribution in [0.3, 0.4) is 0 Å². The largest absolute Gasteiger partial charge is 0.383 e. The first-order valence-corrected chi connectivity index (χ1v) is 7.75. The molecule has 0 aliphatic carbocycles. The molecule has 0 radical (unpaired) electrons. The summed E-state index contributed by atoms with van der Waals surface area (Å²) in [6.07, 6.45) is 5.79. The van der Waals surface area contributed by atoms with E-state index in [1.165, 1.54) is 30.0 Å². The Kier molecular flexibility index (Phi) is 4.55. The first-order valence-electron chi connectivity index (χ1n) is 7.75. The molecule has 1 N–H and O–H groups in total. The minimum absolute atomic E-state index is 0.712. The molecule has 2 heterocycles. The van der Waals surface area contributed by atoms with E-state index in [1.807, 2.05) is 6.20 Å². The third-order valence-electron chi connectivity index (χ3n) is 4.04. The summed E-state index contributed by atoms with van der Waals surface area (Å²) in [6.45, 7) is 3.77. The van der Waals surface area contributed by atoms with Crippen LogP contribution in [0.25, 0.3) is 10.8 Å². The van der Waals surface area contributed by atoms with Gasteiger partial charge >= 0.3 is 0 Å². The van der Waals surface area contributed by atoms with E-state index in [9.17, 15) is 0 Å². The Morgan fingerprint density at radius 2 is 2.05 bits per heavy atom. The monoisotopic (exact) mass is 285 g/mol. The van der Waals surface area contributed by atoms with Crippen molar-refractivity contribution in [3.05, 3.63) is 30.5 Å². The Labute approximate surface area is 126 Å². The summed E-state index contributed by atoms with van der Waals surface area (Å²) < 4.78 is 5.09. The Hall–Kier alpha value is -1.81. The number of methoxy groups -OCH3 is 1. The predicted octanol–water partition coefficient (Wildman–Crippen LogP) is 3.28. The number of aromatic nitrogens is 1. The van der Waals surface area contributed by atoms with Crippen molar-refractivity contribution in [2.45, 2.75) is 19.3 Å². The topological polar surface area (TPSA) is 37.4 Å². The van der Waals surface area contributed by atoms with E-state index in [1.54, 1.807) is 7.11 Å². The molecular formula is C17H23N3O.